The van der Waals surface area contributed by atoms with Gasteiger partial charge in [-0.25, -0.2) is 0 Å². The molecule has 0 aliphatic carbocycles. The highest BCUT2D eigenvalue weighted by molar-refractivity contribution is 5.48. The van der Waals surface area contributed by atoms with Gasteiger partial charge >= 0.3 is 0 Å². The molecular weight excluding hydrogens is 126 g/mol. The van der Waals surface area contributed by atoms with E-state index in [0.29, 0.717) is 13.1 Å². The predicted octanol–water partition coefficient (Wildman–Crippen LogP) is 1.21. The molecule has 0 spiro atoms. The molecule has 1 amide bonds. The van der Waals surface area contributed by atoms with Gasteiger partial charge in [-0.3, -0.25) is 4.79 Å². The van der Waals surface area contributed by atoms with E-state index in [1.54, 1.807) is 11.0 Å². The summed E-state index contributed by atoms with van der Waals surface area (Å²) in [4.78, 5) is 11.9. The SMILES string of the molecule is C=CCN(C=O)CC(=C)C. The molecular formula is C8H13NO. The average Bonchev–Trinajstić information content (AvgIpc) is 1.86. The first-order valence-corrected chi connectivity index (χ1v) is 3.15. The number of hydrogen-bond acceptors (Lipinski definition) is 1. The molecule has 0 unspecified atom stereocenters. The Morgan fingerprint density at radius 2 is 2.30 bits per heavy atom. The summed E-state index contributed by atoms with van der Waals surface area (Å²) in [6.45, 7) is 10.3. The van der Waals surface area contributed by atoms with E-state index in [1.807, 2.05) is 6.92 Å². The molecule has 0 radical (unpaired) electrons. The van der Waals surface area contributed by atoms with Gasteiger partial charge in [-0.2, -0.15) is 0 Å². The number of amides is 1. The van der Waals surface area contributed by atoms with Crippen LogP contribution >= 0.6 is 0 Å². The van der Waals surface area contributed by atoms with Crippen molar-refractivity contribution in [2.75, 3.05) is 13.1 Å². The normalized spacial score (nSPS) is 8.50. The minimum absolute atomic E-state index is 0.594. The Labute approximate surface area is 61.8 Å². The Kier molecular flexibility index (Phi) is 4.29. The lowest BCUT2D eigenvalue weighted by atomic mass is 10.3. The van der Waals surface area contributed by atoms with Crippen molar-refractivity contribution in [2.45, 2.75) is 6.92 Å². The van der Waals surface area contributed by atoms with Crippen LogP contribution in [0.1, 0.15) is 6.92 Å². The Balaban J connectivity index is 3.70. The van der Waals surface area contributed by atoms with Gasteiger partial charge in [0.1, 0.15) is 0 Å². The fraction of sp³-hybridized carbons (Fsp3) is 0.375. The molecule has 0 aliphatic rings. The third-order valence-electron chi connectivity index (χ3n) is 0.986. The number of nitrogens with zero attached hydrogens (tertiary/aromatic N) is 1. The molecule has 0 aromatic rings. The van der Waals surface area contributed by atoms with Crippen molar-refractivity contribution in [3.05, 3.63) is 24.8 Å². The van der Waals surface area contributed by atoms with Crippen LogP contribution in [-0.4, -0.2) is 24.4 Å². The molecule has 2 nitrogen and oxygen atoms in total. The standard InChI is InChI=1S/C8H13NO/c1-4-5-9(7-10)6-8(2)3/h4,7H,1-2,5-6H2,3H3. The van der Waals surface area contributed by atoms with E-state index in [4.69, 9.17) is 0 Å². The summed E-state index contributed by atoms with van der Waals surface area (Å²) in [5, 5.41) is 0. The molecule has 0 N–H and O–H groups in total. The van der Waals surface area contributed by atoms with Crippen LogP contribution in [0.5, 0.6) is 0 Å². The average molecular weight is 139 g/mol. The van der Waals surface area contributed by atoms with Gasteiger partial charge in [0.25, 0.3) is 0 Å². The Hall–Kier alpha value is -1.05. The molecule has 0 saturated carbocycles. The zero-order valence-corrected chi connectivity index (χ0v) is 6.34. The number of carbonyl (C=O) groups excluding carboxylic acids is 1. The molecule has 10 heavy (non-hydrogen) atoms. The summed E-state index contributed by atoms with van der Waals surface area (Å²) in [5.41, 5.74) is 0.981. The molecule has 0 aliphatic heterocycles. The number of rotatable bonds is 5. The number of carbonyl (C=O) groups is 1. The molecule has 0 aromatic heterocycles. The first-order valence-electron chi connectivity index (χ1n) is 3.15. The van der Waals surface area contributed by atoms with E-state index < -0.39 is 0 Å². The monoisotopic (exact) mass is 139 g/mol. The van der Waals surface area contributed by atoms with Crippen molar-refractivity contribution in [1.29, 1.82) is 0 Å². The molecule has 0 fully saturated rings. The summed E-state index contributed by atoms with van der Waals surface area (Å²) in [5.74, 6) is 0. The lowest BCUT2D eigenvalue weighted by Crippen LogP contribution is -2.23. The molecule has 2 heteroatoms. The lowest BCUT2D eigenvalue weighted by Gasteiger charge is -2.13. The first-order chi connectivity index (χ1) is 4.70. The zero-order chi connectivity index (χ0) is 7.98. The third-order valence-corrected chi connectivity index (χ3v) is 0.986. The van der Waals surface area contributed by atoms with Gasteiger partial charge in [0, 0.05) is 13.1 Å². The molecule has 56 valence electrons. The number of hydrogen-bond donors (Lipinski definition) is 0. The van der Waals surface area contributed by atoms with E-state index in [0.717, 1.165) is 12.0 Å². The Morgan fingerprint density at radius 1 is 1.70 bits per heavy atom. The van der Waals surface area contributed by atoms with Crippen molar-refractivity contribution in [3.63, 3.8) is 0 Å². The van der Waals surface area contributed by atoms with E-state index >= 15 is 0 Å². The van der Waals surface area contributed by atoms with Crippen LogP contribution in [0.25, 0.3) is 0 Å². The highest BCUT2D eigenvalue weighted by Gasteiger charge is 1.96. The van der Waals surface area contributed by atoms with Gasteiger partial charge < -0.3 is 4.90 Å². The van der Waals surface area contributed by atoms with Crippen LogP contribution in [0, 0.1) is 0 Å². The second-order valence-electron chi connectivity index (χ2n) is 2.28. The van der Waals surface area contributed by atoms with E-state index in [2.05, 4.69) is 13.2 Å². The van der Waals surface area contributed by atoms with Crippen LogP contribution in [0.15, 0.2) is 24.8 Å². The van der Waals surface area contributed by atoms with E-state index in [-0.39, 0.29) is 0 Å². The molecule has 0 aromatic carbocycles. The van der Waals surface area contributed by atoms with Crippen molar-refractivity contribution in [1.82, 2.24) is 4.90 Å². The summed E-state index contributed by atoms with van der Waals surface area (Å²) in [6.07, 6.45) is 2.49. The van der Waals surface area contributed by atoms with Crippen molar-refractivity contribution in [2.24, 2.45) is 0 Å². The van der Waals surface area contributed by atoms with Crippen LogP contribution < -0.4 is 0 Å². The molecule has 0 heterocycles. The topological polar surface area (TPSA) is 20.3 Å². The maximum atomic E-state index is 10.3. The molecule has 0 atom stereocenters. The first kappa shape index (κ1) is 8.95. The predicted molar refractivity (Wildman–Crippen MR) is 42.6 cm³/mol. The summed E-state index contributed by atoms with van der Waals surface area (Å²) in [6, 6.07) is 0. The van der Waals surface area contributed by atoms with Crippen molar-refractivity contribution in [3.8, 4) is 0 Å². The van der Waals surface area contributed by atoms with Crippen molar-refractivity contribution >= 4 is 6.41 Å². The summed E-state index contributed by atoms with van der Waals surface area (Å²) in [7, 11) is 0. The van der Waals surface area contributed by atoms with Gasteiger partial charge in [-0.15, -0.1) is 6.58 Å². The van der Waals surface area contributed by atoms with Gasteiger partial charge in [0.05, 0.1) is 0 Å². The maximum Gasteiger partial charge on any atom is 0.210 e. The van der Waals surface area contributed by atoms with E-state index in [1.165, 1.54) is 0 Å². The fourth-order valence-electron chi connectivity index (χ4n) is 0.657. The highest BCUT2D eigenvalue weighted by Crippen LogP contribution is 1.91. The van der Waals surface area contributed by atoms with E-state index in [9.17, 15) is 4.79 Å². The zero-order valence-electron chi connectivity index (χ0n) is 6.34. The van der Waals surface area contributed by atoms with Crippen LogP contribution in [0.2, 0.25) is 0 Å². The molecule has 0 rings (SSSR count). The Bertz CT molecular complexity index is 140. The lowest BCUT2D eigenvalue weighted by molar-refractivity contribution is -0.117. The van der Waals surface area contributed by atoms with Gasteiger partial charge in [0.2, 0.25) is 6.41 Å². The minimum atomic E-state index is 0.594. The van der Waals surface area contributed by atoms with Gasteiger partial charge in [-0.1, -0.05) is 18.2 Å². The maximum absolute atomic E-state index is 10.3. The second kappa shape index (κ2) is 4.79. The smallest absolute Gasteiger partial charge is 0.210 e. The molecule has 0 saturated heterocycles. The largest absolute Gasteiger partial charge is 0.338 e. The van der Waals surface area contributed by atoms with Gasteiger partial charge in [0.15, 0.2) is 0 Å². The summed E-state index contributed by atoms with van der Waals surface area (Å²) < 4.78 is 0. The minimum Gasteiger partial charge on any atom is -0.338 e. The van der Waals surface area contributed by atoms with Crippen LogP contribution in [-0.2, 0) is 4.79 Å². The third kappa shape index (κ3) is 3.89. The quantitative estimate of drug-likeness (QED) is 0.414. The fourth-order valence-corrected chi connectivity index (χ4v) is 0.657. The Morgan fingerprint density at radius 3 is 2.60 bits per heavy atom. The summed E-state index contributed by atoms with van der Waals surface area (Å²) >= 11 is 0. The highest BCUT2D eigenvalue weighted by atomic mass is 16.1. The second-order valence-corrected chi connectivity index (χ2v) is 2.28. The van der Waals surface area contributed by atoms with Crippen molar-refractivity contribution < 1.29 is 4.79 Å². The van der Waals surface area contributed by atoms with Gasteiger partial charge in [-0.05, 0) is 6.92 Å². The van der Waals surface area contributed by atoms with Crippen LogP contribution in [0.3, 0.4) is 0 Å². The molecule has 0 bridgehead atoms. The van der Waals surface area contributed by atoms with Crippen LogP contribution in [0.4, 0.5) is 0 Å².